The number of hydrogen-bond donors (Lipinski definition) is 0. The van der Waals surface area contributed by atoms with Gasteiger partial charge >= 0.3 is 17.9 Å². The van der Waals surface area contributed by atoms with Gasteiger partial charge in [0.2, 0.25) is 0 Å². The first-order valence-corrected chi connectivity index (χ1v) is 32.5. The van der Waals surface area contributed by atoms with E-state index in [9.17, 15) is 14.4 Å². The molecular formula is C72H120O6. The molecule has 0 amide bonds. The van der Waals surface area contributed by atoms with E-state index in [-0.39, 0.29) is 31.1 Å². The first kappa shape index (κ1) is 73.8. The molecule has 0 heterocycles. The van der Waals surface area contributed by atoms with Crippen molar-refractivity contribution in [1.82, 2.24) is 0 Å². The number of hydrogen-bond acceptors (Lipinski definition) is 6. The fourth-order valence-corrected chi connectivity index (χ4v) is 8.83. The van der Waals surface area contributed by atoms with E-state index in [1.165, 1.54) is 128 Å². The second-order valence-corrected chi connectivity index (χ2v) is 21.3. The molecule has 0 aliphatic rings. The van der Waals surface area contributed by atoms with Gasteiger partial charge in [0.25, 0.3) is 0 Å². The van der Waals surface area contributed by atoms with Crippen LogP contribution in [0.3, 0.4) is 0 Å². The van der Waals surface area contributed by atoms with Gasteiger partial charge in [0, 0.05) is 19.3 Å². The smallest absolute Gasteiger partial charge is 0.306 e. The van der Waals surface area contributed by atoms with Crippen LogP contribution in [0.2, 0.25) is 0 Å². The molecule has 0 saturated carbocycles. The largest absolute Gasteiger partial charge is 0.462 e. The Bertz CT molecular complexity index is 1620. The Morgan fingerprint density at radius 1 is 0.269 bits per heavy atom. The van der Waals surface area contributed by atoms with Gasteiger partial charge in [-0.2, -0.15) is 0 Å². The van der Waals surface area contributed by atoms with Gasteiger partial charge in [0.15, 0.2) is 6.10 Å². The van der Waals surface area contributed by atoms with E-state index in [4.69, 9.17) is 14.2 Å². The molecule has 0 aliphatic heterocycles. The highest BCUT2D eigenvalue weighted by molar-refractivity contribution is 5.71. The van der Waals surface area contributed by atoms with Gasteiger partial charge in [0.1, 0.15) is 13.2 Å². The first-order valence-electron chi connectivity index (χ1n) is 32.5. The second kappa shape index (κ2) is 65.3. The van der Waals surface area contributed by atoms with Crippen LogP contribution in [0.25, 0.3) is 0 Å². The molecule has 6 heteroatoms. The number of unbranched alkanes of at least 4 members (excludes halogenated alkanes) is 27. The van der Waals surface area contributed by atoms with Crippen molar-refractivity contribution in [3.8, 4) is 0 Å². The van der Waals surface area contributed by atoms with E-state index in [2.05, 4.69) is 142 Å². The lowest BCUT2D eigenvalue weighted by molar-refractivity contribution is -0.167. The van der Waals surface area contributed by atoms with E-state index >= 15 is 0 Å². The summed E-state index contributed by atoms with van der Waals surface area (Å²) in [5, 5.41) is 0. The third-order valence-electron chi connectivity index (χ3n) is 13.7. The van der Waals surface area contributed by atoms with Crippen LogP contribution >= 0.6 is 0 Å². The van der Waals surface area contributed by atoms with Gasteiger partial charge in [-0.3, -0.25) is 14.4 Å². The summed E-state index contributed by atoms with van der Waals surface area (Å²) in [5.41, 5.74) is 0. The monoisotopic (exact) mass is 1080 g/mol. The topological polar surface area (TPSA) is 78.9 Å². The summed E-state index contributed by atoms with van der Waals surface area (Å²) >= 11 is 0. The fraction of sp³-hybridized carbons (Fsp3) is 0.681. The molecule has 0 fully saturated rings. The summed E-state index contributed by atoms with van der Waals surface area (Å²) in [6.07, 6.45) is 90.7. The molecule has 444 valence electrons. The van der Waals surface area contributed by atoms with Gasteiger partial charge in [-0.05, 0) is 109 Å². The Morgan fingerprint density at radius 3 is 0.833 bits per heavy atom. The third-order valence-corrected chi connectivity index (χ3v) is 13.7. The molecule has 0 aromatic carbocycles. The van der Waals surface area contributed by atoms with Gasteiger partial charge in [-0.25, -0.2) is 0 Å². The van der Waals surface area contributed by atoms with E-state index in [0.717, 1.165) is 128 Å². The third kappa shape index (κ3) is 62.7. The molecule has 0 saturated heterocycles. The highest BCUT2D eigenvalue weighted by Crippen LogP contribution is 2.16. The van der Waals surface area contributed by atoms with E-state index in [1.807, 2.05) is 0 Å². The van der Waals surface area contributed by atoms with Crippen molar-refractivity contribution in [2.75, 3.05) is 13.2 Å². The van der Waals surface area contributed by atoms with E-state index < -0.39 is 6.10 Å². The molecule has 1 atom stereocenters. The zero-order valence-electron chi connectivity index (χ0n) is 50.9. The highest BCUT2D eigenvalue weighted by atomic mass is 16.6. The van der Waals surface area contributed by atoms with Gasteiger partial charge in [-0.15, -0.1) is 0 Å². The number of esters is 3. The molecule has 0 bridgehead atoms. The van der Waals surface area contributed by atoms with Crippen LogP contribution in [-0.2, 0) is 28.6 Å². The summed E-state index contributed by atoms with van der Waals surface area (Å²) in [5.74, 6) is -0.899. The predicted molar refractivity (Wildman–Crippen MR) is 339 cm³/mol. The summed E-state index contributed by atoms with van der Waals surface area (Å²) in [6.45, 7) is 6.48. The quantitative estimate of drug-likeness (QED) is 0.0261. The molecule has 0 rings (SSSR count). The van der Waals surface area contributed by atoms with Crippen LogP contribution in [0.15, 0.2) is 122 Å². The fourth-order valence-electron chi connectivity index (χ4n) is 8.83. The Morgan fingerprint density at radius 2 is 0.513 bits per heavy atom. The van der Waals surface area contributed by atoms with Gasteiger partial charge in [0.05, 0.1) is 0 Å². The van der Waals surface area contributed by atoms with Crippen molar-refractivity contribution < 1.29 is 28.6 Å². The van der Waals surface area contributed by atoms with Crippen molar-refractivity contribution in [1.29, 1.82) is 0 Å². The maximum atomic E-state index is 12.9. The minimum atomic E-state index is -0.785. The van der Waals surface area contributed by atoms with Crippen LogP contribution in [0.1, 0.15) is 297 Å². The molecule has 1 unspecified atom stereocenters. The second-order valence-electron chi connectivity index (χ2n) is 21.3. The van der Waals surface area contributed by atoms with Crippen LogP contribution in [0.5, 0.6) is 0 Å². The Hall–Kier alpha value is -4.19. The molecule has 0 aromatic heterocycles. The lowest BCUT2D eigenvalue weighted by atomic mass is 10.0. The summed E-state index contributed by atoms with van der Waals surface area (Å²) in [4.78, 5) is 38.2. The Labute approximate surface area is 482 Å². The zero-order chi connectivity index (χ0) is 56.4. The normalized spacial score (nSPS) is 12.9. The Balaban J connectivity index is 4.21. The number of ether oxygens (including phenoxy) is 3. The number of carbonyl (C=O) groups excluding carboxylic acids is 3. The number of allylic oxidation sites excluding steroid dienone is 20. The van der Waals surface area contributed by atoms with Crippen LogP contribution in [0.4, 0.5) is 0 Å². The standard InChI is InChI=1S/C72H120O6/c1-4-7-10-13-16-19-22-24-26-27-28-29-30-31-32-33-34-35-36-37-38-39-40-41-42-43-44-45-46-48-50-53-56-59-62-65-71(74)77-68-69(67-76-70(73)64-61-58-55-52-49-21-18-15-12-9-6-3)78-72(75)66-63-60-57-54-51-47-25-23-20-17-14-11-8-5-2/h7,10,15-16,18-19,24,26,28-29,31-32,34-35,37-38,40-41,43-44,69H,4-6,8-9,11-14,17,20-23,25,27,30,33,36,39,42,45-68H2,1-3H3/b10-7-,18-15-,19-16-,26-24-,29-28-,32-31-,35-34-,38-37-,41-40-,44-43-. The van der Waals surface area contributed by atoms with Crippen molar-refractivity contribution in [2.45, 2.75) is 303 Å². The minimum Gasteiger partial charge on any atom is -0.462 e. The lowest BCUT2D eigenvalue weighted by Gasteiger charge is -2.18. The van der Waals surface area contributed by atoms with Crippen molar-refractivity contribution in [3.63, 3.8) is 0 Å². The summed E-state index contributed by atoms with van der Waals surface area (Å²) in [6, 6.07) is 0. The van der Waals surface area contributed by atoms with E-state index in [0.29, 0.717) is 19.3 Å². The molecule has 0 aliphatic carbocycles. The van der Waals surface area contributed by atoms with Crippen molar-refractivity contribution >= 4 is 17.9 Å². The molecule has 0 radical (unpaired) electrons. The molecule has 0 spiro atoms. The maximum absolute atomic E-state index is 12.9. The maximum Gasteiger partial charge on any atom is 0.306 e. The minimum absolute atomic E-state index is 0.0844. The van der Waals surface area contributed by atoms with Crippen LogP contribution < -0.4 is 0 Å². The van der Waals surface area contributed by atoms with Crippen LogP contribution in [-0.4, -0.2) is 37.2 Å². The van der Waals surface area contributed by atoms with Crippen LogP contribution in [0, 0.1) is 0 Å². The van der Waals surface area contributed by atoms with E-state index in [1.54, 1.807) is 0 Å². The molecule has 0 N–H and O–H groups in total. The molecule has 0 aromatic rings. The molecule has 6 nitrogen and oxygen atoms in total. The summed E-state index contributed by atoms with van der Waals surface area (Å²) < 4.78 is 16.9. The molecule has 78 heavy (non-hydrogen) atoms. The summed E-state index contributed by atoms with van der Waals surface area (Å²) in [7, 11) is 0. The number of rotatable bonds is 58. The Kier molecular flexibility index (Phi) is 61.8. The first-order chi connectivity index (χ1) is 38.5. The predicted octanol–water partition coefficient (Wildman–Crippen LogP) is 22.4. The lowest BCUT2D eigenvalue weighted by Crippen LogP contribution is -2.30. The molecular weight excluding hydrogens is 961 g/mol. The van der Waals surface area contributed by atoms with Crippen molar-refractivity contribution in [3.05, 3.63) is 122 Å². The average Bonchev–Trinajstić information content (AvgIpc) is 3.44. The zero-order valence-corrected chi connectivity index (χ0v) is 50.9. The average molecular weight is 1080 g/mol. The number of carbonyl (C=O) groups is 3. The van der Waals surface area contributed by atoms with Crippen molar-refractivity contribution in [2.24, 2.45) is 0 Å². The van der Waals surface area contributed by atoms with Gasteiger partial charge < -0.3 is 14.2 Å². The SMILES string of the molecule is CC/C=C\C/C=C\C/C=C\C/C=C\C/C=C\C/C=C\C/C=C\C/C=C\C/C=C\CCCCCCCCCC(=O)OCC(COC(=O)CCCCCCC/C=C\CCCC)OC(=O)CCCCCCCCCCCCCCCC. The highest BCUT2D eigenvalue weighted by Gasteiger charge is 2.19. The van der Waals surface area contributed by atoms with Gasteiger partial charge in [-0.1, -0.05) is 290 Å².